The predicted octanol–water partition coefficient (Wildman–Crippen LogP) is 3.94. The van der Waals surface area contributed by atoms with E-state index in [0.29, 0.717) is 17.2 Å². The lowest BCUT2D eigenvalue weighted by atomic mass is 10.1. The summed E-state index contributed by atoms with van der Waals surface area (Å²) < 4.78 is 16.3. The first-order valence-corrected chi connectivity index (χ1v) is 11.2. The molecule has 3 heterocycles. The molecule has 32 heavy (non-hydrogen) atoms. The van der Waals surface area contributed by atoms with E-state index in [9.17, 15) is 9.59 Å². The van der Waals surface area contributed by atoms with Crippen LogP contribution in [0.1, 0.15) is 15.2 Å². The molecule has 1 fully saturated rings. The normalized spacial score (nSPS) is 14.7. The number of amides is 1. The van der Waals surface area contributed by atoms with Crippen molar-refractivity contribution in [1.29, 1.82) is 0 Å². The monoisotopic (exact) mass is 450 g/mol. The molecule has 0 spiro atoms. The van der Waals surface area contributed by atoms with E-state index in [1.54, 1.807) is 6.07 Å². The average Bonchev–Trinajstić information content (AvgIpc) is 3.29. The summed E-state index contributed by atoms with van der Waals surface area (Å²) in [5, 5.41) is 2.76. The summed E-state index contributed by atoms with van der Waals surface area (Å²) in [6, 6.07) is 17.1. The van der Waals surface area contributed by atoms with Crippen molar-refractivity contribution < 1.29 is 23.8 Å². The van der Waals surface area contributed by atoms with Gasteiger partial charge in [-0.25, -0.2) is 4.79 Å². The molecule has 2 aromatic carbocycles. The van der Waals surface area contributed by atoms with Crippen LogP contribution < -0.4 is 15.0 Å². The number of ether oxygens (including phenoxy) is 3. The molecule has 0 radical (unpaired) electrons. The second-order valence-electron chi connectivity index (χ2n) is 7.52. The molecule has 1 saturated heterocycles. The minimum Gasteiger partial charge on any atom is -0.488 e. The number of nitrogens with one attached hydrogen (secondary N) is 1. The Kier molecular flexibility index (Phi) is 5.79. The van der Waals surface area contributed by atoms with Crippen LogP contribution in [0, 0.1) is 0 Å². The third kappa shape index (κ3) is 4.32. The quantitative estimate of drug-likeness (QED) is 0.594. The summed E-state index contributed by atoms with van der Waals surface area (Å²) in [7, 11) is 0. The van der Waals surface area contributed by atoms with Crippen molar-refractivity contribution in [3.63, 3.8) is 0 Å². The first kappa shape index (κ1) is 20.5. The molecule has 164 valence electrons. The maximum absolute atomic E-state index is 12.5. The summed E-state index contributed by atoms with van der Waals surface area (Å²) in [5.41, 5.74) is 3.66. The number of anilines is 2. The van der Waals surface area contributed by atoms with E-state index in [-0.39, 0.29) is 12.5 Å². The zero-order valence-electron chi connectivity index (χ0n) is 17.3. The third-order valence-electron chi connectivity index (χ3n) is 5.39. The van der Waals surface area contributed by atoms with E-state index in [1.807, 2.05) is 48.5 Å². The highest BCUT2D eigenvalue weighted by Crippen LogP contribution is 2.42. The Morgan fingerprint density at radius 3 is 2.66 bits per heavy atom. The Hall–Kier alpha value is -3.36. The molecular formula is C24H22N2O5S. The van der Waals surface area contributed by atoms with Crippen molar-refractivity contribution in [3.05, 3.63) is 65.0 Å². The molecule has 5 rings (SSSR count). The van der Waals surface area contributed by atoms with Gasteiger partial charge in [0.25, 0.3) is 5.91 Å². The molecule has 2 aliphatic heterocycles. The Labute approximate surface area is 189 Å². The van der Waals surface area contributed by atoms with E-state index < -0.39 is 5.97 Å². The van der Waals surface area contributed by atoms with Crippen molar-refractivity contribution in [1.82, 2.24) is 0 Å². The zero-order chi connectivity index (χ0) is 21.9. The highest BCUT2D eigenvalue weighted by molar-refractivity contribution is 7.17. The Bertz CT molecular complexity index is 1140. The number of morpholine rings is 1. The van der Waals surface area contributed by atoms with Crippen molar-refractivity contribution in [2.45, 2.75) is 6.61 Å². The smallest absolute Gasteiger partial charge is 0.348 e. The second-order valence-corrected chi connectivity index (χ2v) is 8.57. The number of hydrogen-bond acceptors (Lipinski definition) is 7. The first-order valence-electron chi connectivity index (χ1n) is 10.4. The van der Waals surface area contributed by atoms with Gasteiger partial charge in [0.2, 0.25) is 0 Å². The molecule has 1 amide bonds. The SMILES string of the molecule is O=C(COC(=O)c1cc2c(s1)-c1ccccc1OC2)Nc1ccc(N2CCOCC2)cc1. The predicted molar refractivity (Wildman–Crippen MR) is 122 cm³/mol. The number of benzene rings is 2. The number of rotatable bonds is 5. The number of esters is 1. The number of para-hydroxylation sites is 1. The molecule has 1 N–H and O–H groups in total. The fourth-order valence-corrected chi connectivity index (χ4v) is 4.87. The molecule has 8 heteroatoms. The maximum atomic E-state index is 12.5. The van der Waals surface area contributed by atoms with Crippen LogP contribution in [-0.2, 0) is 20.9 Å². The van der Waals surface area contributed by atoms with Gasteiger partial charge in [-0.05, 0) is 42.5 Å². The minimum absolute atomic E-state index is 0.348. The van der Waals surface area contributed by atoms with Crippen LogP contribution in [0.4, 0.5) is 11.4 Å². The molecule has 0 aliphatic carbocycles. The number of carbonyl (C=O) groups excluding carboxylic acids is 2. The van der Waals surface area contributed by atoms with Crippen LogP contribution in [0.2, 0.25) is 0 Å². The molecule has 0 atom stereocenters. The highest BCUT2D eigenvalue weighted by atomic mass is 32.1. The van der Waals surface area contributed by atoms with Crippen molar-refractivity contribution in [3.8, 4) is 16.2 Å². The molecule has 2 aliphatic rings. The summed E-state index contributed by atoms with van der Waals surface area (Å²) in [5.74, 6) is -0.0899. The number of thiophene rings is 1. The lowest BCUT2D eigenvalue weighted by molar-refractivity contribution is -0.119. The van der Waals surface area contributed by atoms with E-state index >= 15 is 0 Å². The van der Waals surface area contributed by atoms with Gasteiger partial charge in [-0.3, -0.25) is 4.79 Å². The molecule has 0 unspecified atom stereocenters. The summed E-state index contributed by atoms with van der Waals surface area (Å²) >= 11 is 1.36. The molecule has 1 aromatic heterocycles. The molecule has 3 aromatic rings. The summed E-state index contributed by atoms with van der Waals surface area (Å²) in [6.45, 7) is 3.21. The average molecular weight is 451 g/mol. The molecule has 0 saturated carbocycles. The van der Waals surface area contributed by atoms with Crippen LogP contribution >= 0.6 is 11.3 Å². The Morgan fingerprint density at radius 1 is 1.06 bits per heavy atom. The van der Waals surface area contributed by atoms with Crippen LogP contribution in [0.3, 0.4) is 0 Å². The standard InChI is InChI=1S/C24H22N2O5S/c27-22(25-17-5-7-18(8-6-17)26-9-11-29-12-10-26)15-31-24(28)21-13-16-14-30-20-4-2-1-3-19(20)23(16)32-21/h1-8,13H,9-12,14-15H2,(H,25,27). The van der Waals surface area contributed by atoms with Gasteiger partial charge < -0.3 is 24.4 Å². The van der Waals surface area contributed by atoms with Gasteiger partial charge in [-0.2, -0.15) is 0 Å². The molecular weight excluding hydrogens is 428 g/mol. The van der Waals surface area contributed by atoms with Crippen LogP contribution in [0.15, 0.2) is 54.6 Å². The highest BCUT2D eigenvalue weighted by Gasteiger charge is 2.23. The van der Waals surface area contributed by atoms with E-state index in [0.717, 1.165) is 53.7 Å². The van der Waals surface area contributed by atoms with Crippen molar-refractivity contribution in [2.24, 2.45) is 0 Å². The summed E-state index contributed by atoms with van der Waals surface area (Å²) in [6.07, 6.45) is 0. The van der Waals surface area contributed by atoms with Crippen LogP contribution in [-0.4, -0.2) is 44.8 Å². The second kappa shape index (κ2) is 9.02. The number of fused-ring (bicyclic) bond motifs is 3. The number of carbonyl (C=O) groups is 2. The van der Waals surface area contributed by atoms with Crippen molar-refractivity contribution >= 4 is 34.6 Å². The fourth-order valence-electron chi connectivity index (χ4n) is 3.78. The largest absolute Gasteiger partial charge is 0.488 e. The first-order chi connectivity index (χ1) is 15.7. The number of hydrogen-bond donors (Lipinski definition) is 1. The maximum Gasteiger partial charge on any atom is 0.348 e. The third-order valence-corrected chi connectivity index (χ3v) is 6.58. The Balaban J connectivity index is 1.16. The van der Waals surface area contributed by atoms with Gasteiger partial charge in [0.15, 0.2) is 6.61 Å². The van der Waals surface area contributed by atoms with Gasteiger partial charge in [0.1, 0.15) is 17.2 Å². The minimum atomic E-state index is -0.514. The van der Waals surface area contributed by atoms with Gasteiger partial charge in [-0.1, -0.05) is 12.1 Å². The van der Waals surface area contributed by atoms with Crippen molar-refractivity contribution in [2.75, 3.05) is 43.1 Å². The van der Waals surface area contributed by atoms with Crippen LogP contribution in [0.5, 0.6) is 5.75 Å². The molecule has 7 nitrogen and oxygen atoms in total. The fraction of sp³-hybridized carbons (Fsp3) is 0.250. The summed E-state index contributed by atoms with van der Waals surface area (Å²) in [4.78, 5) is 28.5. The van der Waals surface area contributed by atoms with Gasteiger partial charge in [0.05, 0.1) is 13.2 Å². The zero-order valence-corrected chi connectivity index (χ0v) is 18.2. The lowest BCUT2D eigenvalue weighted by Gasteiger charge is -2.28. The Morgan fingerprint density at radius 2 is 1.84 bits per heavy atom. The van der Waals surface area contributed by atoms with E-state index in [4.69, 9.17) is 14.2 Å². The van der Waals surface area contributed by atoms with E-state index in [1.165, 1.54) is 11.3 Å². The van der Waals surface area contributed by atoms with Gasteiger partial charge in [0, 0.05) is 40.5 Å². The van der Waals surface area contributed by atoms with E-state index in [2.05, 4.69) is 10.2 Å². The van der Waals surface area contributed by atoms with Gasteiger partial charge in [-0.15, -0.1) is 11.3 Å². The lowest BCUT2D eigenvalue weighted by Crippen LogP contribution is -2.36. The topological polar surface area (TPSA) is 77.1 Å². The number of nitrogens with zero attached hydrogens (tertiary/aromatic N) is 1. The molecule has 0 bridgehead atoms. The van der Waals surface area contributed by atoms with Gasteiger partial charge >= 0.3 is 5.97 Å². The van der Waals surface area contributed by atoms with Crippen LogP contribution in [0.25, 0.3) is 10.4 Å².